The zero-order chi connectivity index (χ0) is 17.8. The van der Waals surface area contributed by atoms with Crippen molar-refractivity contribution in [3.05, 3.63) is 54.9 Å². The van der Waals surface area contributed by atoms with Gasteiger partial charge in [0, 0.05) is 5.39 Å². The lowest BCUT2D eigenvalue weighted by atomic mass is 10.2. The molecule has 2 aromatic carbocycles. The summed E-state index contributed by atoms with van der Waals surface area (Å²) >= 11 is 1.40. The second-order valence-corrected chi connectivity index (χ2v) is 6.75. The van der Waals surface area contributed by atoms with Crippen LogP contribution in [0.5, 0.6) is 11.5 Å². The van der Waals surface area contributed by atoms with E-state index in [0.717, 1.165) is 21.7 Å². The van der Waals surface area contributed by atoms with E-state index < -0.39 is 0 Å². The molecule has 1 N–H and O–H groups in total. The monoisotopic (exact) mass is 367 g/mol. The van der Waals surface area contributed by atoms with Gasteiger partial charge in [-0.2, -0.15) is 0 Å². The van der Waals surface area contributed by atoms with Gasteiger partial charge in [-0.3, -0.25) is 4.79 Å². The van der Waals surface area contributed by atoms with Gasteiger partial charge in [-0.1, -0.05) is 42.1 Å². The molecule has 6 nitrogen and oxygen atoms in total. The molecule has 7 heteroatoms. The lowest BCUT2D eigenvalue weighted by Crippen LogP contribution is -2.41. The van der Waals surface area contributed by atoms with Crippen LogP contribution in [0.3, 0.4) is 0 Å². The van der Waals surface area contributed by atoms with Crippen LogP contribution in [0, 0.1) is 0 Å². The molecule has 0 radical (unpaired) electrons. The zero-order valence-electron chi connectivity index (χ0n) is 13.9. The number of nitrogens with zero attached hydrogens (tertiary/aromatic N) is 2. The second kappa shape index (κ2) is 7.61. The van der Waals surface area contributed by atoms with Crippen LogP contribution in [-0.2, 0) is 4.79 Å². The van der Waals surface area contributed by atoms with Gasteiger partial charge in [0.15, 0.2) is 11.5 Å². The fourth-order valence-corrected chi connectivity index (χ4v) is 3.49. The standard InChI is InChI=1S/C19H17N3O3S/c23-18(11-26-19-14-5-1-2-6-15(14)21-12-22-19)20-9-13-10-24-16-7-3-4-8-17(16)25-13/h1-8,12-13H,9-11H2,(H,20,23)/t13-/m1/s1. The second-order valence-electron chi connectivity index (χ2n) is 5.79. The van der Waals surface area contributed by atoms with Gasteiger partial charge in [0.1, 0.15) is 24.1 Å². The van der Waals surface area contributed by atoms with Crippen LogP contribution < -0.4 is 14.8 Å². The summed E-state index contributed by atoms with van der Waals surface area (Å²) < 4.78 is 11.5. The van der Waals surface area contributed by atoms with E-state index in [1.807, 2.05) is 48.5 Å². The van der Waals surface area contributed by atoms with Crippen LogP contribution in [-0.4, -0.2) is 40.9 Å². The Labute approximate surface area is 154 Å². The number of benzene rings is 2. The maximum atomic E-state index is 12.2. The molecule has 2 heterocycles. The first-order valence-corrected chi connectivity index (χ1v) is 9.26. The number of amides is 1. The first kappa shape index (κ1) is 16.7. The Balaban J connectivity index is 1.30. The molecule has 4 rings (SSSR count). The number of ether oxygens (including phenoxy) is 2. The van der Waals surface area contributed by atoms with E-state index >= 15 is 0 Å². The molecule has 1 amide bonds. The lowest BCUT2D eigenvalue weighted by molar-refractivity contribution is -0.119. The number of carbonyl (C=O) groups excluding carboxylic acids is 1. The van der Waals surface area contributed by atoms with Gasteiger partial charge in [0.25, 0.3) is 0 Å². The number of hydrogen-bond acceptors (Lipinski definition) is 6. The molecule has 132 valence electrons. The highest BCUT2D eigenvalue weighted by molar-refractivity contribution is 8.00. The van der Waals surface area contributed by atoms with Crippen LogP contribution in [0.2, 0.25) is 0 Å². The summed E-state index contributed by atoms with van der Waals surface area (Å²) in [7, 11) is 0. The van der Waals surface area contributed by atoms with Crippen molar-refractivity contribution in [1.82, 2.24) is 15.3 Å². The van der Waals surface area contributed by atoms with Gasteiger partial charge in [-0.15, -0.1) is 0 Å². The zero-order valence-corrected chi connectivity index (χ0v) is 14.7. The highest BCUT2D eigenvalue weighted by atomic mass is 32.2. The third-order valence-corrected chi connectivity index (χ3v) is 4.95. The number of para-hydroxylation sites is 3. The molecule has 1 aromatic heterocycles. The Morgan fingerprint density at radius 1 is 1.12 bits per heavy atom. The molecular formula is C19H17N3O3S. The van der Waals surface area contributed by atoms with E-state index in [1.165, 1.54) is 18.1 Å². The van der Waals surface area contributed by atoms with Crippen LogP contribution in [0.15, 0.2) is 59.9 Å². The Bertz CT molecular complexity index is 929. The Morgan fingerprint density at radius 3 is 2.85 bits per heavy atom. The minimum atomic E-state index is -0.196. The summed E-state index contributed by atoms with van der Waals surface area (Å²) in [4.78, 5) is 20.7. The summed E-state index contributed by atoms with van der Waals surface area (Å²) in [5.74, 6) is 1.66. The highest BCUT2D eigenvalue weighted by Gasteiger charge is 2.21. The van der Waals surface area contributed by atoms with E-state index in [9.17, 15) is 4.79 Å². The van der Waals surface area contributed by atoms with E-state index in [-0.39, 0.29) is 17.8 Å². The molecule has 0 saturated carbocycles. The summed E-state index contributed by atoms with van der Waals surface area (Å²) in [6, 6.07) is 15.3. The minimum Gasteiger partial charge on any atom is -0.486 e. The van der Waals surface area contributed by atoms with Crippen molar-refractivity contribution in [2.24, 2.45) is 0 Å². The number of carbonyl (C=O) groups is 1. The minimum absolute atomic E-state index is 0.0693. The number of fused-ring (bicyclic) bond motifs is 2. The van der Waals surface area contributed by atoms with Crippen LogP contribution in [0.25, 0.3) is 10.9 Å². The predicted molar refractivity (Wildman–Crippen MR) is 99.6 cm³/mol. The summed E-state index contributed by atoms with van der Waals surface area (Å²) in [5.41, 5.74) is 0.872. The third-order valence-electron chi connectivity index (χ3n) is 3.94. The third kappa shape index (κ3) is 3.72. The maximum Gasteiger partial charge on any atom is 0.230 e. The van der Waals surface area contributed by atoms with Crippen molar-refractivity contribution in [3.8, 4) is 11.5 Å². The van der Waals surface area contributed by atoms with Gasteiger partial charge >= 0.3 is 0 Å². The van der Waals surface area contributed by atoms with Gasteiger partial charge < -0.3 is 14.8 Å². The predicted octanol–water partition coefficient (Wildman–Crippen LogP) is 2.68. The molecule has 0 bridgehead atoms. The summed E-state index contributed by atoms with van der Waals surface area (Å²) in [5, 5.41) is 4.65. The van der Waals surface area contributed by atoms with Crippen LogP contribution in [0.1, 0.15) is 0 Å². The summed E-state index contributed by atoms with van der Waals surface area (Å²) in [6.45, 7) is 0.819. The first-order valence-electron chi connectivity index (χ1n) is 8.27. The van der Waals surface area contributed by atoms with Crippen molar-refractivity contribution < 1.29 is 14.3 Å². The average molecular weight is 367 g/mol. The molecule has 1 atom stereocenters. The van der Waals surface area contributed by atoms with Crippen LogP contribution in [0.4, 0.5) is 0 Å². The fourth-order valence-electron chi connectivity index (χ4n) is 2.67. The Hall–Kier alpha value is -2.80. The number of aromatic nitrogens is 2. The molecule has 0 spiro atoms. The Kier molecular flexibility index (Phi) is 4.88. The average Bonchev–Trinajstić information content (AvgIpc) is 2.70. The molecule has 1 aliphatic heterocycles. The first-order chi connectivity index (χ1) is 12.8. The Morgan fingerprint density at radius 2 is 1.92 bits per heavy atom. The number of thioether (sulfide) groups is 1. The smallest absolute Gasteiger partial charge is 0.230 e. The van der Waals surface area contributed by atoms with Crippen molar-refractivity contribution in [2.75, 3.05) is 18.9 Å². The SMILES string of the molecule is O=C(CSc1ncnc2ccccc12)NC[C@@H]1COc2ccccc2O1. The quantitative estimate of drug-likeness (QED) is 0.552. The number of nitrogens with one attached hydrogen (secondary N) is 1. The molecular weight excluding hydrogens is 350 g/mol. The normalized spacial score (nSPS) is 15.6. The molecule has 26 heavy (non-hydrogen) atoms. The molecule has 0 unspecified atom stereocenters. The lowest BCUT2D eigenvalue weighted by Gasteiger charge is -2.26. The van der Waals surface area contributed by atoms with E-state index in [4.69, 9.17) is 9.47 Å². The summed E-state index contributed by atoms with van der Waals surface area (Å²) in [6.07, 6.45) is 1.33. The van der Waals surface area contributed by atoms with Crippen molar-refractivity contribution in [3.63, 3.8) is 0 Å². The van der Waals surface area contributed by atoms with Crippen molar-refractivity contribution in [1.29, 1.82) is 0 Å². The molecule has 3 aromatic rings. The topological polar surface area (TPSA) is 73.3 Å². The maximum absolute atomic E-state index is 12.2. The van der Waals surface area contributed by atoms with Gasteiger partial charge in [0.2, 0.25) is 5.91 Å². The molecule has 0 fully saturated rings. The fraction of sp³-hybridized carbons (Fsp3) is 0.211. The number of rotatable bonds is 5. The van der Waals surface area contributed by atoms with Crippen molar-refractivity contribution >= 4 is 28.6 Å². The number of hydrogen-bond donors (Lipinski definition) is 1. The molecule has 0 saturated heterocycles. The van der Waals surface area contributed by atoms with E-state index in [2.05, 4.69) is 15.3 Å². The highest BCUT2D eigenvalue weighted by Crippen LogP contribution is 2.30. The van der Waals surface area contributed by atoms with Gasteiger partial charge in [-0.25, -0.2) is 9.97 Å². The van der Waals surface area contributed by atoms with Gasteiger partial charge in [-0.05, 0) is 18.2 Å². The molecule has 1 aliphatic rings. The van der Waals surface area contributed by atoms with Crippen LogP contribution >= 0.6 is 11.8 Å². The van der Waals surface area contributed by atoms with Crippen molar-refractivity contribution in [2.45, 2.75) is 11.1 Å². The van der Waals surface area contributed by atoms with Gasteiger partial charge in [0.05, 0.1) is 17.8 Å². The largest absolute Gasteiger partial charge is 0.486 e. The molecule has 0 aliphatic carbocycles. The van der Waals surface area contributed by atoms with E-state index in [0.29, 0.717) is 18.9 Å². The van der Waals surface area contributed by atoms with E-state index in [1.54, 1.807) is 0 Å².